The van der Waals surface area contributed by atoms with Crippen molar-refractivity contribution in [2.75, 3.05) is 13.7 Å². The van der Waals surface area contributed by atoms with Gasteiger partial charge in [-0.05, 0) is 63.7 Å². The topological polar surface area (TPSA) is 42.3 Å². The summed E-state index contributed by atoms with van der Waals surface area (Å²) < 4.78 is 7.61. The molecule has 0 aliphatic carbocycles. The highest BCUT2D eigenvalue weighted by atomic mass is 32.1. The summed E-state index contributed by atoms with van der Waals surface area (Å²) in [4.78, 5) is 6.90. The summed E-state index contributed by atoms with van der Waals surface area (Å²) in [6.45, 7) is 10.3. The monoisotopic (exact) mass is 372 g/mol. The second kappa shape index (κ2) is 7.76. The van der Waals surface area contributed by atoms with Gasteiger partial charge in [0.25, 0.3) is 0 Å². The van der Waals surface area contributed by atoms with E-state index < -0.39 is 0 Å². The van der Waals surface area contributed by atoms with Crippen molar-refractivity contribution >= 4 is 17.3 Å². The smallest absolute Gasteiger partial charge is 0.170 e. The normalized spacial score (nSPS) is 20.1. The Balaban J connectivity index is 2.07. The number of hydrogen-bond acceptors (Lipinski definition) is 3. The molecule has 3 rings (SSSR count). The third kappa shape index (κ3) is 3.35. The fourth-order valence-electron chi connectivity index (χ4n) is 3.91. The summed E-state index contributed by atoms with van der Waals surface area (Å²) in [6.07, 6.45) is 1.84. The van der Waals surface area contributed by atoms with Gasteiger partial charge in [-0.1, -0.05) is 6.07 Å². The average Bonchev–Trinajstić information content (AvgIpc) is 3.10. The Hall–Kier alpha value is -1.92. The molecule has 0 amide bonds. The average molecular weight is 373 g/mol. The zero-order valence-corrected chi connectivity index (χ0v) is 17.0. The number of methoxy groups -OCH3 is 1. The van der Waals surface area contributed by atoms with E-state index in [1.54, 1.807) is 7.11 Å². The van der Waals surface area contributed by atoms with Crippen molar-refractivity contribution in [3.8, 4) is 0 Å². The molecule has 2 unspecified atom stereocenters. The van der Waals surface area contributed by atoms with Crippen molar-refractivity contribution in [2.45, 2.75) is 52.4 Å². The molecule has 2 aromatic heterocycles. The first-order valence-electron chi connectivity index (χ1n) is 9.11. The minimum Gasteiger partial charge on any atom is -0.383 e. The molecular weight excluding hydrogens is 344 g/mol. The van der Waals surface area contributed by atoms with Crippen LogP contribution in [0.2, 0.25) is 0 Å². The number of pyridine rings is 1. The molecule has 0 spiro atoms. The van der Waals surface area contributed by atoms with Gasteiger partial charge in [0.05, 0.1) is 24.4 Å². The first kappa shape index (κ1) is 18.9. The van der Waals surface area contributed by atoms with Gasteiger partial charge in [-0.25, -0.2) is 0 Å². The highest BCUT2D eigenvalue weighted by Crippen LogP contribution is 2.41. The van der Waals surface area contributed by atoms with Crippen LogP contribution in [-0.4, -0.2) is 39.3 Å². The summed E-state index contributed by atoms with van der Waals surface area (Å²) in [5, 5.41) is 4.30. The van der Waals surface area contributed by atoms with Crippen LogP contribution >= 0.6 is 12.2 Å². The van der Waals surface area contributed by atoms with Crippen LogP contribution < -0.4 is 5.32 Å². The quantitative estimate of drug-likeness (QED) is 0.786. The minimum atomic E-state index is 0.0440. The zero-order chi connectivity index (χ0) is 18.8. The first-order chi connectivity index (χ1) is 12.5. The maximum atomic E-state index is 5.68. The van der Waals surface area contributed by atoms with Gasteiger partial charge in [0.15, 0.2) is 5.11 Å². The van der Waals surface area contributed by atoms with Crippen LogP contribution in [0.1, 0.15) is 48.6 Å². The number of hydrogen-bond donors (Lipinski definition) is 1. The third-order valence-electron chi connectivity index (χ3n) is 5.14. The Morgan fingerprint density at radius 3 is 2.69 bits per heavy atom. The standard InChI is InChI=1S/C20H28N4OS/c1-13(2)24-19(16-12-14(3)23(15(16)4)10-11-25-5)18(22-20(24)26)17-8-6-7-9-21-17/h6-9,12-13,18-19H,10-11H2,1-5H3,(H,22,26). The number of aryl methyl sites for hydroxylation is 1. The van der Waals surface area contributed by atoms with Crippen molar-refractivity contribution in [1.29, 1.82) is 0 Å². The molecule has 2 atom stereocenters. The van der Waals surface area contributed by atoms with E-state index in [4.69, 9.17) is 17.0 Å². The van der Waals surface area contributed by atoms with Crippen LogP contribution in [0.4, 0.5) is 0 Å². The molecule has 140 valence electrons. The third-order valence-corrected chi connectivity index (χ3v) is 5.47. The lowest BCUT2D eigenvalue weighted by molar-refractivity contribution is 0.186. The molecule has 1 aliphatic heterocycles. The Bertz CT molecular complexity index is 772. The van der Waals surface area contributed by atoms with E-state index in [0.29, 0.717) is 12.6 Å². The molecule has 5 nitrogen and oxygen atoms in total. The number of aromatic nitrogens is 2. The predicted molar refractivity (Wildman–Crippen MR) is 108 cm³/mol. The van der Waals surface area contributed by atoms with Gasteiger partial charge in [-0.2, -0.15) is 0 Å². The van der Waals surface area contributed by atoms with E-state index in [-0.39, 0.29) is 12.1 Å². The molecule has 1 fully saturated rings. The van der Waals surface area contributed by atoms with Gasteiger partial charge in [0, 0.05) is 37.3 Å². The van der Waals surface area contributed by atoms with Gasteiger partial charge in [0.2, 0.25) is 0 Å². The summed E-state index contributed by atoms with van der Waals surface area (Å²) in [6, 6.07) is 8.81. The van der Waals surface area contributed by atoms with E-state index >= 15 is 0 Å². The molecule has 1 aliphatic rings. The maximum absolute atomic E-state index is 5.68. The Kier molecular flexibility index (Phi) is 5.63. The molecule has 3 heterocycles. The number of nitrogens with one attached hydrogen (secondary N) is 1. The molecule has 0 aromatic carbocycles. The van der Waals surface area contributed by atoms with Crippen LogP contribution in [0.3, 0.4) is 0 Å². The zero-order valence-electron chi connectivity index (χ0n) is 16.2. The largest absolute Gasteiger partial charge is 0.383 e. The lowest BCUT2D eigenvalue weighted by atomic mass is 9.96. The molecule has 1 saturated heterocycles. The molecular formula is C20H28N4OS. The number of ether oxygens (including phenoxy) is 1. The number of nitrogens with zero attached hydrogens (tertiary/aromatic N) is 3. The van der Waals surface area contributed by atoms with Crippen LogP contribution in [0.15, 0.2) is 30.5 Å². The number of thiocarbonyl (C=S) groups is 1. The van der Waals surface area contributed by atoms with Crippen molar-refractivity contribution < 1.29 is 4.74 Å². The van der Waals surface area contributed by atoms with Crippen LogP contribution in [0.25, 0.3) is 0 Å². The first-order valence-corrected chi connectivity index (χ1v) is 9.51. The lowest BCUT2D eigenvalue weighted by Crippen LogP contribution is -2.35. The van der Waals surface area contributed by atoms with E-state index in [2.05, 4.69) is 59.6 Å². The van der Waals surface area contributed by atoms with Crippen molar-refractivity contribution in [1.82, 2.24) is 19.8 Å². The van der Waals surface area contributed by atoms with Crippen LogP contribution in [0.5, 0.6) is 0 Å². The summed E-state index contributed by atoms with van der Waals surface area (Å²) in [5.41, 5.74) is 4.83. The SMILES string of the molecule is COCCn1c(C)cc(C2C(c3ccccn3)NC(=S)N2C(C)C)c1C. The molecule has 26 heavy (non-hydrogen) atoms. The fraction of sp³-hybridized carbons (Fsp3) is 0.500. The van der Waals surface area contributed by atoms with Gasteiger partial charge >= 0.3 is 0 Å². The van der Waals surface area contributed by atoms with Gasteiger partial charge in [0.1, 0.15) is 0 Å². The molecule has 2 aromatic rings. The molecule has 0 radical (unpaired) electrons. The molecule has 6 heteroatoms. The Morgan fingerprint density at radius 2 is 2.08 bits per heavy atom. The Labute approximate surface area is 161 Å². The van der Waals surface area contributed by atoms with Crippen LogP contribution in [0, 0.1) is 13.8 Å². The predicted octanol–water partition coefficient (Wildman–Crippen LogP) is 3.53. The second-order valence-corrected chi connectivity index (χ2v) is 7.49. The van der Waals surface area contributed by atoms with E-state index in [0.717, 1.165) is 17.4 Å². The summed E-state index contributed by atoms with van der Waals surface area (Å²) >= 11 is 5.68. The van der Waals surface area contributed by atoms with Gasteiger partial charge in [-0.15, -0.1) is 0 Å². The van der Waals surface area contributed by atoms with E-state index in [9.17, 15) is 0 Å². The van der Waals surface area contributed by atoms with E-state index in [1.807, 2.05) is 18.3 Å². The highest BCUT2D eigenvalue weighted by Gasteiger charge is 2.42. The fourth-order valence-corrected chi connectivity index (χ4v) is 4.36. The van der Waals surface area contributed by atoms with Crippen molar-refractivity contribution in [2.24, 2.45) is 0 Å². The lowest BCUT2D eigenvalue weighted by Gasteiger charge is -2.31. The molecule has 1 N–H and O–H groups in total. The van der Waals surface area contributed by atoms with Crippen LogP contribution in [-0.2, 0) is 11.3 Å². The van der Waals surface area contributed by atoms with Crippen molar-refractivity contribution in [3.05, 3.63) is 53.1 Å². The van der Waals surface area contributed by atoms with E-state index in [1.165, 1.54) is 17.0 Å². The van der Waals surface area contributed by atoms with Gasteiger partial charge < -0.3 is 19.5 Å². The highest BCUT2D eigenvalue weighted by molar-refractivity contribution is 7.80. The van der Waals surface area contributed by atoms with Gasteiger partial charge in [-0.3, -0.25) is 4.98 Å². The molecule has 0 bridgehead atoms. The molecule has 0 saturated carbocycles. The summed E-state index contributed by atoms with van der Waals surface area (Å²) in [7, 11) is 1.74. The summed E-state index contributed by atoms with van der Waals surface area (Å²) in [5.74, 6) is 0. The Morgan fingerprint density at radius 1 is 1.31 bits per heavy atom. The maximum Gasteiger partial charge on any atom is 0.170 e. The van der Waals surface area contributed by atoms with Crippen molar-refractivity contribution in [3.63, 3.8) is 0 Å². The minimum absolute atomic E-state index is 0.0440. The number of rotatable bonds is 6. The second-order valence-electron chi connectivity index (χ2n) is 7.10.